The monoisotopic (exact) mass is 448 g/mol. The number of ether oxygens (including phenoxy) is 2. The molecule has 0 aliphatic carbocycles. The average Bonchev–Trinajstić information content (AvgIpc) is 2.72. The normalized spacial score (nSPS) is 11.4. The number of anilines is 1. The van der Waals surface area contributed by atoms with Gasteiger partial charge in [-0.15, -0.1) is 0 Å². The van der Waals surface area contributed by atoms with Gasteiger partial charge in [0.15, 0.2) is 0 Å². The molecule has 0 aliphatic rings. The van der Waals surface area contributed by atoms with Crippen LogP contribution in [-0.2, 0) is 20.9 Å². The third kappa shape index (κ3) is 8.00. The molecule has 0 radical (unpaired) electrons. The summed E-state index contributed by atoms with van der Waals surface area (Å²) in [6, 6.07) is 16.6. The van der Waals surface area contributed by atoms with Gasteiger partial charge in [-0.3, -0.25) is 0 Å². The lowest BCUT2D eigenvalue weighted by Crippen LogP contribution is -2.41. The van der Waals surface area contributed by atoms with Gasteiger partial charge in [0.25, 0.3) is 0 Å². The summed E-state index contributed by atoms with van der Waals surface area (Å²) >= 11 is 3.40. The predicted octanol–water partition coefficient (Wildman–Crippen LogP) is 4.50. The highest BCUT2D eigenvalue weighted by Crippen LogP contribution is 2.14. The molecule has 6 nitrogen and oxygen atoms in total. The molecule has 150 valence electrons. The lowest BCUT2D eigenvalue weighted by atomic mass is 10.1. The molecule has 1 atom stereocenters. The summed E-state index contributed by atoms with van der Waals surface area (Å²) in [5.41, 5.74) is 1.92. The molecule has 0 unspecified atom stereocenters. The Labute approximate surface area is 173 Å². The second kappa shape index (κ2) is 12.0. The van der Waals surface area contributed by atoms with Gasteiger partial charge in [-0.05, 0) is 49.1 Å². The maximum Gasteiger partial charge on any atom is 0.408 e. The molecule has 2 rings (SSSR count). The van der Waals surface area contributed by atoms with Gasteiger partial charge in [-0.25, -0.2) is 9.59 Å². The molecule has 0 heterocycles. The Morgan fingerprint density at radius 1 is 1.04 bits per heavy atom. The lowest BCUT2D eigenvalue weighted by molar-refractivity contribution is -0.143. The summed E-state index contributed by atoms with van der Waals surface area (Å²) < 4.78 is 11.0. The third-order valence-electron chi connectivity index (χ3n) is 4.08. The van der Waals surface area contributed by atoms with Crippen molar-refractivity contribution in [2.45, 2.75) is 31.9 Å². The number of amides is 1. The molecule has 7 heteroatoms. The molecular formula is C21H25BrN2O4. The van der Waals surface area contributed by atoms with Crippen molar-refractivity contribution in [1.82, 2.24) is 5.32 Å². The summed E-state index contributed by atoms with van der Waals surface area (Å²) in [5.74, 6) is -0.475. The van der Waals surface area contributed by atoms with Gasteiger partial charge in [-0.1, -0.05) is 46.3 Å². The first-order chi connectivity index (χ1) is 13.6. The summed E-state index contributed by atoms with van der Waals surface area (Å²) in [4.78, 5) is 23.9. The van der Waals surface area contributed by atoms with Crippen molar-refractivity contribution >= 4 is 33.7 Å². The number of rotatable bonds is 10. The minimum atomic E-state index is -0.721. The number of carbonyl (C=O) groups excluding carboxylic acids is 2. The Morgan fingerprint density at radius 2 is 1.75 bits per heavy atom. The standard InChI is InChI=1S/C21H25BrN2O4/c1-27-20(25)19(24-21(26)28-15-16-7-3-2-4-8-16)9-5-6-14-23-18-12-10-17(22)11-13-18/h2-4,7-8,10-13,19,23H,5-6,9,14-15H2,1H3,(H,24,26)/t19-/m0/s1. The highest BCUT2D eigenvalue weighted by Gasteiger charge is 2.21. The van der Waals surface area contributed by atoms with Crippen molar-refractivity contribution in [1.29, 1.82) is 0 Å². The molecule has 2 aromatic rings. The molecule has 0 aromatic heterocycles. The molecular weight excluding hydrogens is 424 g/mol. The number of esters is 1. The predicted molar refractivity (Wildman–Crippen MR) is 112 cm³/mol. The summed E-state index contributed by atoms with van der Waals surface area (Å²) in [6.45, 7) is 0.922. The Hall–Kier alpha value is -2.54. The van der Waals surface area contributed by atoms with Crippen LogP contribution in [0.2, 0.25) is 0 Å². The number of alkyl carbamates (subject to hydrolysis) is 1. The zero-order valence-corrected chi connectivity index (χ0v) is 17.4. The summed E-state index contributed by atoms with van der Waals surface area (Å²) in [7, 11) is 1.31. The van der Waals surface area contributed by atoms with E-state index in [1.165, 1.54) is 7.11 Å². The molecule has 0 aliphatic heterocycles. The third-order valence-corrected chi connectivity index (χ3v) is 4.61. The van der Waals surface area contributed by atoms with Crippen LogP contribution in [0.5, 0.6) is 0 Å². The lowest BCUT2D eigenvalue weighted by Gasteiger charge is -2.16. The van der Waals surface area contributed by atoms with Crippen LogP contribution in [0.15, 0.2) is 59.1 Å². The SMILES string of the molecule is COC(=O)[C@H](CCCCNc1ccc(Br)cc1)NC(=O)OCc1ccccc1. The van der Waals surface area contributed by atoms with Gasteiger partial charge in [0.05, 0.1) is 7.11 Å². The van der Waals surface area contributed by atoms with E-state index in [-0.39, 0.29) is 6.61 Å². The second-order valence-electron chi connectivity index (χ2n) is 6.21. The molecule has 1 amide bonds. The fraction of sp³-hybridized carbons (Fsp3) is 0.333. The summed E-state index contributed by atoms with van der Waals surface area (Å²) in [5, 5.41) is 5.91. The number of benzene rings is 2. The first-order valence-electron chi connectivity index (χ1n) is 9.13. The highest BCUT2D eigenvalue weighted by molar-refractivity contribution is 9.10. The van der Waals surface area contributed by atoms with Crippen LogP contribution >= 0.6 is 15.9 Å². The average molecular weight is 449 g/mol. The first kappa shape index (κ1) is 21.8. The van der Waals surface area contributed by atoms with Crippen molar-refractivity contribution in [3.8, 4) is 0 Å². The number of unbranched alkanes of at least 4 members (excludes halogenated alkanes) is 1. The van der Waals surface area contributed by atoms with E-state index in [0.717, 1.165) is 35.1 Å². The minimum Gasteiger partial charge on any atom is -0.467 e. The second-order valence-corrected chi connectivity index (χ2v) is 7.13. The molecule has 2 aromatic carbocycles. The minimum absolute atomic E-state index is 0.150. The zero-order valence-electron chi connectivity index (χ0n) is 15.8. The molecule has 0 fully saturated rings. The van der Waals surface area contributed by atoms with Gasteiger partial charge in [0.2, 0.25) is 0 Å². The van der Waals surface area contributed by atoms with Gasteiger partial charge >= 0.3 is 12.1 Å². The van der Waals surface area contributed by atoms with Crippen molar-refractivity contribution in [2.75, 3.05) is 19.0 Å². The smallest absolute Gasteiger partial charge is 0.408 e. The Kier molecular flexibility index (Phi) is 9.34. The van der Waals surface area contributed by atoms with E-state index in [9.17, 15) is 9.59 Å². The fourth-order valence-corrected chi connectivity index (χ4v) is 2.84. The number of hydrogen-bond donors (Lipinski definition) is 2. The Bertz CT molecular complexity index is 738. The van der Waals surface area contributed by atoms with Gasteiger partial charge < -0.3 is 20.1 Å². The van der Waals surface area contributed by atoms with Crippen molar-refractivity contribution in [3.63, 3.8) is 0 Å². The quantitative estimate of drug-likeness (QED) is 0.413. The van der Waals surface area contributed by atoms with Crippen molar-refractivity contribution < 1.29 is 19.1 Å². The molecule has 0 spiro atoms. The Morgan fingerprint density at radius 3 is 2.43 bits per heavy atom. The van der Waals surface area contributed by atoms with Crippen LogP contribution in [0.3, 0.4) is 0 Å². The summed E-state index contributed by atoms with van der Waals surface area (Å²) in [6.07, 6.45) is 1.45. The molecule has 0 bridgehead atoms. The van der Waals surface area contributed by atoms with E-state index in [1.54, 1.807) is 0 Å². The van der Waals surface area contributed by atoms with E-state index in [0.29, 0.717) is 6.42 Å². The fourth-order valence-electron chi connectivity index (χ4n) is 2.57. The van der Waals surface area contributed by atoms with Gasteiger partial charge in [0.1, 0.15) is 12.6 Å². The van der Waals surface area contributed by atoms with Crippen LogP contribution in [0, 0.1) is 0 Å². The van der Waals surface area contributed by atoms with Crippen LogP contribution in [0.1, 0.15) is 24.8 Å². The first-order valence-corrected chi connectivity index (χ1v) is 9.92. The number of carbonyl (C=O) groups is 2. The van der Waals surface area contributed by atoms with Crippen LogP contribution in [0.4, 0.5) is 10.5 Å². The molecule has 0 saturated carbocycles. The zero-order chi connectivity index (χ0) is 20.2. The van der Waals surface area contributed by atoms with E-state index in [2.05, 4.69) is 26.6 Å². The number of halogens is 1. The van der Waals surface area contributed by atoms with Crippen LogP contribution < -0.4 is 10.6 Å². The van der Waals surface area contributed by atoms with E-state index >= 15 is 0 Å². The topological polar surface area (TPSA) is 76.7 Å². The van der Waals surface area contributed by atoms with E-state index in [1.807, 2.05) is 54.6 Å². The van der Waals surface area contributed by atoms with Gasteiger partial charge in [-0.2, -0.15) is 0 Å². The molecule has 2 N–H and O–H groups in total. The maximum absolute atomic E-state index is 12.0. The largest absolute Gasteiger partial charge is 0.467 e. The molecule has 28 heavy (non-hydrogen) atoms. The number of hydrogen-bond acceptors (Lipinski definition) is 5. The number of nitrogens with one attached hydrogen (secondary N) is 2. The molecule has 0 saturated heterocycles. The van der Waals surface area contributed by atoms with E-state index < -0.39 is 18.1 Å². The van der Waals surface area contributed by atoms with Crippen LogP contribution in [-0.4, -0.2) is 31.8 Å². The van der Waals surface area contributed by atoms with E-state index in [4.69, 9.17) is 9.47 Å². The Balaban J connectivity index is 1.70. The van der Waals surface area contributed by atoms with Gasteiger partial charge in [0, 0.05) is 16.7 Å². The number of methoxy groups -OCH3 is 1. The van der Waals surface area contributed by atoms with Crippen molar-refractivity contribution in [3.05, 3.63) is 64.6 Å². The van der Waals surface area contributed by atoms with Crippen molar-refractivity contribution in [2.24, 2.45) is 0 Å². The van der Waals surface area contributed by atoms with Crippen LogP contribution in [0.25, 0.3) is 0 Å². The maximum atomic E-state index is 12.0. The highest BCUT2D eigenvalue weighted by atomic mass is 79.9.